The van der Waals surface area contributed by atoms with Gasteiger partial charge in [-0.1, -0.05) is 0 Å². The number of hydrogen-bond donors (Lipinski definition) is 1. The first kappa shape index (κ1) is 14.1. The van der Waals surface area contributed by atoms with Crippen molar-refractivity contribution in [3.8, 4) is 0 Å². The van der Waals surface area contributed by atoms with Crippen LogP contribution in [-0.4, -0.2) is 68.1 Å². The van der Waals surface area contributed by atoms with Crippen LogP contribution in [0.5, 0.6) is 0 Å². The van der Waals surface area contributed by atoms with Gasteiger partial charge in [0, 0.05) is 32.4 Å². The van der Waals surface area contributed by atoms with Crippen molar-refractivity contribution in [1.29, 1.82) is 0 Å². The maximum atomic E-state index is 5.98. The Balaban J connectivity index is 1.78. The fraction of sp³-hybridized carbons (Fsp3) is 0.643. The molecule has 2 rings (SSSR count). The Labute approximate surface area is 116 Å². The van der Waals surface area contributed by atoms with E-state index in [9.17, 15) is 0 Å². The van der Waals surface area contributed by atoms with Crippen LogP contribution in [0.2, 0.25) is 0 Å². The average Bonchev–Trinajstić information content (AvgIpc) is 2.40. The lowest BCUT2D eigenvalue weighted by Gasteiger charge is -2.36. The minimum atomic E-state index is 0.781. The highest BCUT2D eigenvalue weighted by Gasteiger charge is 2.18. The second kappa shape index (κ2) is 6.73. The second-order valence-corrected chi connectivity index (χ2v) is 5.42. The van der Waals surface area contributed by atoms with Gasteiger partial charge < -0.3 is 15.5 Å². The molecule has 0 aliphatic carbocycles. The number of aromatic nitrogens is 1. The maximum absolute atomic E-state index is 5.98. The molecule has 1 aliphatic heterocycles. The average molecular weight is 263 g/mol. The Morgan fingerprint density at radius 3 is 2.63 bits per heavy atom. The van der Waals surface area contributed by atoms with Gasteiger partial charge in [-0.15, -0.1) is 0 Å². The van der Waals surface area contributed by atoms with Crippen LogP contribution in [0.25, 0.3) is 0 Å². The van der Waals surface area contributed by atoms with E-state index < -0.39 is 0 Å². The third-order valence-electron chi connectivity index (χ3n) is 3.62. The number of rotatable bonds is 5. The Morgan fingerprint density at radius 2 is 2.00 bits per heavy atom. The molecule has 0 aromatic carbocycles. The molecule has 0 atom stereocenters. The summed E-state index contributed by atoms with van der Waals surface area (Å²) in [4.78, 5) is 11.2. The standard InChI is InChI=1S/C14H25N5/c1-17(2)6-3-7-18-8-10-19(11-9-18)14-4-5-16-12-13(14)15/h4-5,12H,3,6-11,15H2,1-2H3. The highest BCUT2D eigenvalue weighted by Crippen LogP contribution is 2.22. The van der Waals surface area contributed by atoms with Gasteiger partial charge in [-0.05, 0) is 39.7 Å². The number of hydrogen-bond acceptors (Lipinski definition) is 5. The van der Waals surface area contributed by atoms with Crippen molar-refractivity contribution >= 4 is 11.4 Å². The van der Waals surface area contributed by atoms with E-state index in [1.165, 1.54) is 13.0 Å². The predicted molar refractivity (Wildman–Crippen MR) is 80.5 cm³/mol. The van der Waals surface area contributed by atoms with Crippen molar-refractivity contribution in [3.05, 3.63) is 18.5 Å². The number of pyridine rings is 1. The third-order valence-corrected chi connectivity index (χ3v) is 3.62. The smallest absolute Gasteiger partial charge is 0.0738 e. The summed E-state index contributed by atoms with van der Waals surface area (Å²) in [7, 11) is 4.26. The molecule has 5 nitrogen and oxygen atoms in total. The molecule has 0 saturated carbocycles. The molecule has 0 spiro atoms. The Hall–Kier alpha value is -1.33. The molecule has 0 amide bonds. The maximum Gasteiger partial charge on any atom is 0.0738 e. The van der Waals surface area contributed by atoms with E-state index in [4.69, 9.17) is 5.73 Å². The SMILES string of the molecule is CN(C)CCCN1CCN(c2ccncc2N)CC1. The van der Waals surface area contributed by atoms with Crippen molar-refractivity contribution in [2.75, 3.05) is 64.0 Å². The van der Waals surface area contributed by atoms with Crippen molar-refractivity contribution in [1.82, 2.24) is 14.8 Å². The molecule has 0 radical (unpaired) electrons. The van der Waals surface area contributed by atoms with Crippen molar-refractivity contribution in [2.24, 2.45) is 0 Å². The fourth-order valence-corrected chi connectivity index (χ4v) is 2.51. The van der Waals surface area contributed by atoms with Gasteiger partial charge in [0.2, 0.25) is 0 Å². The summed E-state index contributed by atoms with van der Waals surface area (Å²) in [5, 5.41) is 0. The molecule has 1 aromatic rings. The lowest BCUT2D eigenvalue weighted by Crippen LogP contribution is -2.47. The molecular weight excluding hydrogens is 238 g/mol. The first-order chi connectivity index (χ1) is 9.16. The summed E-state index contributed by atoms with van der Waals surface area (Å²) in [5.41, 5.74) is 7.89. The van der Waals surface area contributed by atoms with Crippen LogP contribution in [0.3, 0.4) is 0 Å². The summed E-state index contributed by atoms with van der Waals surface area (Å²) in [5.74, 6) is 0. The van der Waals surface area contributed by atoms with E-state index in [2.05, 4.69) is 33.8 Å². The molecule has 1 aromatic heterocycles. The van der Waals surface area contributed by atoms with E-state index in [1.807, 2.05) is 12.3 Å². The van der Waals surface area contributed by atoms with Crippen LogP contribution in [0.1, 0.15) is 6.42 Å². The number of nitrogens with two attached hydrogens (primary N) is 1. The monoisotopic (exact) mass is 263 g/mol. The summed E-state index contributed by atoms with van der Waals surface area (Å²) in [6.07, 6.45) is 4.79. The normalized spacial score (nSPS) is 17.1. The van der Waals surface area contributed by atoms with Crippen LogP contribution in [0.4, 0.5) is 11.4 Å². The Morgan fingerprint density at radius 1 is 1.26 bits per heavy atom. The summed E-state index contributed by atoms with van der Waals surface area (Å²) >= 11 is 0. The molecular formula is C14H25N5. The van der Waals surface area contributed by atoms with Gasteiger partial charge in [0.15, 0.2) is 0 Å². The van der Waals surface area contributed by atoms with Gasteiger partial charge in [0.1, 0.15) is 0 Å². The molecule has 1 fully saturated rings. The van der Waals surface area contributed by atoms with Gasteiger partial charge >= 0.3 is 0 Å². The van der Waals surface area contributed by atoms with Gasteiger partial charge in [-0.3, -0.25) is 9.88 Å². The molecule has 5 heteroatoms. The van der Waals surface area contributed by atoms with Crippen molar-refractivity contribution in [3.63, 3.8) is 0 Å². The second-order valence-electron chi connectivity index (χ2n) is 5.42. The van der Waals surface area contributed by atoms with E-state index in [-0.39, 0.29) is 0 Å². The van der Waals surface area contributed by atoms with Crippen LogP contribution < -0.4 is 10.6 Å². The number of nitrogens with zero attached hydrogens (tertiary/aromatic N) is 4. The molecule has 0 bridgehead atoms. The molecule has 1 aliphatic rings. The van der Waals surface area contributed by atoms with E-state index in [0.717, 1.165) is 44.1 Å². The van der Waals surface area contributed by atoms with E-state index in [0.29, 0.717) is 0 Å². The minimum absolute atomic E-state index is 0.781. The van der Waals surface area contributed by atoms with E-state index >= 15 is 0 Å². The number of anilines is 2. The van der Waals surface area contributed by atoms with Crippen LogP contribution in [0.15, 0.2) is 18.5 Å². The lowest BCUT2D eigenvalue weighted by molar-refractivity contribution is 0.242. The summed E-state index contributed by atoms with van der Waals surface area (Å²) in [6, 6.07) is 2.01. The molecule has 106 valence electrons. The molecule has 19 heavy (non-hydrogen) atoms. The Bertz CT molecular complexity index is 385. The quantitative estimate of drug-likeness (QED) is 0.849. The van der Waals surface area contributed by atoms with Crippen LogP contribution >= 0.6 is 0 Å². The highest BCUT2D eigenvalue weighted by molar-refractivity contribution is 5.66. The van der Waals surface area contributed by atoms with Gasteiger partial charge in [0.05, 0.1) is 17.6 Å². The zero-order valence-electron chi connectivity index (χ0n) is 12.0. The number of nitrogen functional groups attached to an aromatic ring is 1. The van der Waals surface area contributed by atoms with Gasteiger partial charge in [0.25, 0.3) is 0 Å². The van der Waals surface area contributed by atoms with Crippen molar-refractivity contribution < 1.29 is 0 Å². The molecule has 1 saturated heterocycles. The van der Waals surface area contributed by atoms with E-state index in [1.54, 1.807) is 6.20 Å². The fourth-order valence-electron chi connectivity index (χ4n) is 2.51. The number of piperazine rings is 1. The van der Waals surface area contributed by atoms with Crippen LogP contribution in [-0.2, 0) is 0 Å². The zero-order valence-corrected chi connectivity index (χ0v) is 12.0. The topological polar surface area (TPSA) is 48.6 Å². The van der Waals surface area contributed by atoms with Crippen LogP contribution in [0, 0.1) is 0 Å². The third kappa shape index (κ3) is 4.08. The summed E-state index contributed by atoms with van der Waals surface area (Å²) < 4.78 is 0. The predicted octanol–water partition coefficient (Wildman–Crippen LogP) is 0.738. The van der Waals surface area contributed by atoms with Gasteiger partial charge in [-0.25, -0.2) is 0 Å². The first-order valence-electron chi connectivity index (χ1n) is 6.98. The van der Waals surface area contributed by atoms with Gasteiger partial charge in [-0.2, -0.15) is 0 Å². The largest absolute Gasteiger partial charge is 0.396 e. The van der Waals surface area contributed by atoms with Crippen molar-refractivity contribution in [2.45, 2.75) is 6.42 Å². The highest BCUT2D eigenvalue weighted by atomic mass is 15.3. The molecule has 2 N–H and O–H groups in total. The zero-order chi connectivity index (χ0) is 13.7. The Kier molecular flexibility index (Phi) is 4.99. The lowest BCUT2D eigenvalue weighted by atomic mass is 10.2. The first-order valence-corrected chi connectivity index (χ1v) is 6.98. The minimum Gasteiger partial charge on any atom is -0.396 e. The summed E-state index contributed by atoms with van der Waals surface area (Å²) in [6.45, 7) is 6.70. The molecule has 2 heterocycles. The molecule has 0 unspecified atom stereocenters.